The first kappa shape index (κ1) is 14.0. The van der Waals surface area contributed by atoms with E-state index in [2.05, 4.69) is 74.6 Å². The molecule has 0 amide bonds. The standard InChI is InChI=1S/C15H25NSi/c1-6-14(7-2)13-16(17(3,4)5)15-11-9-8-10-12-15/h8-13H,6-7H2,1-5H3. The van der Waals surface area contributed by atoms with Crippen molar-refractivity contribution in [3.8, 4) is 0 Å². The fraction of sp³-hybridized carbons (Fsp3) is 0.467. The molecule has 94 valence electrons. The SMILES string of the molecule is CCC(=CN(c1ccccc1)[Si](C)(C)C)CC. The number of anilines is 1. The van der Waals surface area contributed by atoms with Gasteiger partial charge in [0, 0.05) is 5.69 Å². The van der Waals surface area contributed by atoms with Crippen LogP contribution < -0.4 is 4.57 Å². The second kappa shape index (κ2) is 6.06. The number of benzene rings is 1. The molecule has 0 aliphatic carbocycles. The summed E-state index contributed by atoms with van der Waals surface area (Å²) in [6.07, 6.45) is 4.66. The van der Waals surface area contributed by atoms with Gasteiger partial charge in [-0.1, -0.05) is 57.3 Å². The molecule has 0 saturated carbocycles. The molecule has 0 saturated heterocycles. The van der Waals surface area contributed by atoms with Crippen LogP contribution in [0.2, 0.25) is 19.6 Å². The van der Waals surface area contributed by atoms with E-state index in [9.17, 15) is 0 Å². The molecule has 0 unspecified atom stereocenters. The van der Waals surface area contributed by atoms with E-state index >= 15 is 0 Å². The summed E-state index contributed by atoms with van der Waals surface area (Å²) in [6.45, 7) is 11.6. The molecule has 0 N–H and O–H groups in total. The zero-order valence-electron chi connectivity index (χ0n) is 11.8. The van der Waals surface area contributed by atoms with E-state index in [1.165, 1.54) is 11.3 Å². The molecule has 0 spiro atoms. The number of hydrogen-bond donors (Lipinski definition) is 0. The molecule has 1 aromatic carbocycles. The van der Waals surface area contributed by atoms with Crippen molar-refractivity contribution < 1.29 is 0 Å². The van der Waals surface area contributed by atoms with Crippen LogP contribution in [0.5, 0.6) is 0 Å². The molecular weight excluding hydrogens is 222 g/mol. The third kappa shape index (κ3) is 4.04. The average Bonchev–Trinajstić information content (AvgIpc) is 2.30. The van der Waals surface area contributed by atoms with Crippen molar-refractivity contribution in [2.45, 2.75) is 46.3 Å². The lowest BCUT2D eigenvalue weighted by molar-refractivity contribution is 0.964. The maximum absolute atomic E-state index is 2.51. The highest BCUT2D eigenvalue weighted by Gasteiger charge is 2.22. The van der Waals surface area contributed by atoms with E-state index in [0.717, 1.165) is 12.8 Å². The van der Waals surface area contributed by atoms with Gasteiger partial charge < -0.3 is 4.57 Å². The van der Waals surface area contributed by atoms with Gasteiger partial charge in [-0.15, -0.1) is 0 Å². The Hall–Kier alpha value is -1.02. The van der Waals surface area contributed by atoms with E-state index in [-0.39, 0.29) is 0 Å². The predicted molar refractivity (Wildman–Crippen MR) is 80.9 cm³/mol. The lowest BCUT2D eigenvalue weighted by atomic mass is 10.2. The van der Waals surface area contributed by atoms with Gasteiger partial charge in [-0.2, -0.15) is 0 Å². The van der Waals surface area contributed by atoms with Gasteiger partial charge in [-0.25, -0.2) is 0 Å². The van der Waals surface area contributed by atoms with Crippen molar-refractivity contribution in [2.24, 2.45) is 0 Å². The summed E-state index contributed by atoms with van der Waals surface area (Å²) in [5.41, 5.74) is 2.85. The first-order valence-corrected chi connectivity index (χ1v) is 9.97. The fourth-order valence-electron chi connectivity index (χ4n) is 1.86. The minimum Gasteiger partial charge on any atom is -0.375 e. The molecule has 1 aromatic rings. The Morgan fingerprint density at radius 2 is 1.59 bits per heavy atom. The highest BCUT2D eigenvalue weighted by molar-refractivity contribution is 6.80. The molecule has 0 atom stereocenters. The largest absolute Gasteiger partial charge is 0.375 e. The molecule has 0 heterocycles. The Kier molecular flexibility index (Phi) is 5.00. The van der Waals surface area contributed by atoms with Gasteiger partial charge in [-0.05, 0) is 31.2 Å². The molecule has 0 aliphatic rings. The molecule has 17 heavy (non-hydrogen) atoms. The number of rotatable bonds is 5. The van der Waals surface area contributed by atoms with Crippen molar-refractivity contribution in [1.82, 2.24) is 0 Å². The smallest absolute Gasteiger partial charge is 0.152 e. The minimum absolute atomic E-state index is 1.14. The molecule has 0 aliphatic heterocycles. The quantitative estimate of drug-likeness (QED) is 0.659. The number of para-hydroxylation sites is 1. The van der Waals surface area contributed by atoms with Gasteiger partial charge in [0.05, 0.1) is 0 Å². The van der Waals surface area contributed by atoms with E-state index < -0.39 is 8.24 Å². The van der Waals surface area contributed by atoms with Crippen molar-refractivity contribution in [3.05, 3.63) is 42.1 Å². The molecule has 0 aromatic heterocycles. The van der Waals surface area contributed by atoms with E-state index in [1.54, 1.807) is 0 Å². The maximum atomic E-state index is 2.51. The summed E-state index contributed by atoms with van der Waals surface area (Å²) >= 11 is 0. The Morgan fingerprint density at radius 1 is 1.06 bits per heavy atom. The van der Waals surface area contributed by atoms with E-state index in [4.69, 9.17) is 0 Å². The number of hydrogen-bond acceptors (Lipinski definition) is 1. The number of nitrogens with zero attached hydrogens (tertiary/aromatic N) is 1. The summed E-state index contributed by atoms with van der Waals surface area (Å²) in [4.78, 5) is 0. The molecule has 0 fully saturated rings. The Balaban J connectivity index is 3.10. The van der Waals surface area contributed by atoms with Crippen LogP contribution in [-0.2, 0) is 0 Å². The summed E-state index contributed by atoms with van der Waals surface area (Å²) in [5.74, 6) is 0. The maximum Gasteiger partial charge on any atom is 0.152 e. The summed E-state index contributed by atoms with van der Waals surface area (Å²) in [5, 5.41) is 0. The summed E-state index contributed by atoms with van der Waals surface area (Å²) in [7, 11) is -1.37. The molecular formula is C15H25NSi. The molecule has 1 rings (SSSR count). The van der Waals surface area contributed by atoms with Crippen molar-refractivity contribution >= 4 is 13.9 Å². The third-order valence-corrected chi connectivity index (χ3v) is 4.81. The minimum atomic E-state index is -1.37. The van der Waals surface area contributed by atoms with Crippen LogP contribution in [0.15, 0.2) is 42.1 Å². The Labute approximate surface area is 107 Å². The highest BCUT2D eigenvalue weighted by Crippen LogP contribution is 2.23. The molecule has 0 radical (unpaired) electrons. The van der Waals surface area contributed by atoms with Crippen LogP contribution in [-0.4, -0.2) is 8.24 Å². The second-order valence-electron chi connectivity index (χ2n) is 5.37. The zero-order chi connectivity index (χ0) is 12.9. The first-order chi connectivity index (χ1) is 7.99. The number of allylic oxidation sites excluding steroid dienone is 1. The lowest BCUT2D eigenvalue weighted by Gasteiger charge is -2.34. The molecule has 0 bridgehead atoms. The van der Waals surface area contributed by atoms with Gasteiger partial charge >= 0.3 is 0 Å². The van der Waals surface area contributed by atoms with Crippen LogP contribution >= 0.6 is 0 Å². The molecule has 2 heteroatoms. The fourth-order valence-corrected chi connectivity index (χ4v) is 3.35. The Bertz CT molecular complexity index is 356. The molecule has 1 nitrogen and oxygen atoms in total. The topological polar surface area (TPSA) is 3.24 Å². The van der Waals surface area contributed by atoms with Crippen molar-refractivity contribution in [2.75, 3.05) is 4.57 Å². The van der Waals surface area contributed by atoms with Crippen molar-refractivity contribution in [3.63, 3.8) is 0 Å². The van der Waals surface area contributed by atoms with Crippen LogP contribution in [0.25, 0.3) is 0 Å². The zero-order valence-corrected chi connectivity index (χ0v) is 12.8. The highest BCUT2D eigenvalue weighted by atomic mass is 28.3. The van der Waals surface area contributed by atoms with Crippen LogP contribution in [0.4, 0.5) is 5.69 Å². The second-order valence-corrected chi connectivity index (χ2v) is 10.2. The van der Waals surface area contributed by atoms with Gasteiger partial charge in [-0.3, -0.25) is 0 Å². The van der Waals surface area contributed by atoms with Gasteiger partial charge in [0.25, 0.3) is 0 Å². The van der Waals surface area contributed by atoms with Gasteiger partial charge in [0.2, 0.25) is 0 Å². The van der Waals surface area contributed by atoms with Crippen LogP contribution in [0, 0.1) is 0 Å². The third-order valence-electron chi connectivity index (χ3n) is 2.98. The van der Waals surface area contributed by atoms with Gasteiger partial charge in [0.1, 0.15) is 0 Å². The van der Waals surface area contributed by atoms with Crippen LogP contribution in [0.1, 0.15) is 26.7 Å². The summed E-state index contributed by atoms with van der Waals surface area (Å²) in [6, 6.07) is 10.7. The van der Waals surface area contributed by atoms with E-state index in [0.29, 0.717) is 0 Å². The van der Waals surface area contributed by atoms with Crippen LogP contribution in [0.3, 0.4) is 0 Å². The first-order valence-electron chi connectivity index (χ1n) is 6.53. The Morgan fingerprint density at radius 3 is 2.00 bits per heavy atom. The summed E-state index contributed by atoms with van der Waals surface area (Å²) < 4.78 is 2.51. The normalized spacial score (nSPS) is 11.1. The predicted octanol–water partition coefficient (Wildman–Crippen LogP) is 5.03. The van der Waals surface area contributed by atoms with Gasteiger partial charge in [0.15, 0.2) is 8.24 Å². The van der Waals surface area contributed by atoms with Crippen molar-refractivity contribution in [1.29, 1.82) is 0 Å². The average molecular weight is 247 g/mol. The van der Waals surface area contributed by atoms with E-state index in [1.807, 2.05) is 0 Å². The lowest BCUT2D eigenvalue weighted by Crippen LogP contribution is -2.42. The monoisotopic (exact) mass is 247 g/mol.